The van der Waals surface area contributed by atoms with Crippen LogP contribution in [0.2, 0.25) is 0 Å². The number of carbonyl (C=O) groups is 2. The number of rotatable bonds is 9. The second-order valence-corrected chi connectivity index (χ2v) is 8.01. The summed E-state index contributed by atoms with van der Waals surface area (Å²) in [5, 5.41) is 11.3. The van der Waals surface area contributed by atoms with Gasteiger partial charge in [-0.05, 0) is 48.4 Å². The summed E-state index contributed by atoms with van der Waals surface area (Å²) in [6.45, 7) is 2.72. The third kappa shape index (κ3) is 4.69. The number of methoxy groups -OCH3 is 1. The molecule has 34 heavy (non-hydrogen) atoms. The van der Waals surface area contributed by atoms with Crippen molar-refractivity contribution in [2.45, 2.75) is 32.4 Å². The fourth-order valence-corrected chi connectivity index (χ4v) is 3.97. The highest BCUT2D eigenvalue weighted by Gasteiger charge is 2.46. The monoisotopic (exact) mass is 461 g/mol. The molecular formula is C27H27NO6. The zero-order valence-electron chi connectivity index (χ0n) is 19.2. The Bertz CT molecular complexity index is 1180. The van der Waals surface area contributed by atoms with Gasteiger partial charge in [-0.1, -0.05) is 37.6 Å². The van der Waals surface area contributed by atoms with Gasteiger partial charge in [0, 0.05) is 5.56 Å². The van der Waals surface area contributed by atoms with Crippen LogP contribution in [0, 0.1) is 0 Å². The number of unbranched alkanes of at least 4 members (excludes halogenated alkanes) is 1. The van der Waals surface area contributed by atoms with E-state index in [-0.39, 0.29) is 17.9 Å². The lowest BCUT2D eigenvalue weighted by atomic mass is 9.95. The lowest BCUT2D eigenvalue weighted by molar-refractivity contribution is -0.140. The first kappa shape index (κ1) is 23.2. The molecular weight excluding hydrogens is 434 g/mol. The van der Waals surface area contributed by atoms with Gasteiger partial charge in [0.1, 0.15) is 23.0 Å². The number of amides is 1. The third-order valence-electron chi connectivity index (χ3n) is 5.75. The molecule has 4 rings (SSSR count). The van der Waals surface area contributed by atoms with Crippen molar-refractivity contribution in [1.29, 1.82) is 0 Å². The van der Waals surface area contributed by atoms with E-state index in [9.17, 15) is 14.7 Å². The molecule has 1 amide bonds. The van der Waals surface area contributed by atoms with Crippen LogP contribution in [0.25, 0.3) is 5.76 Å². The summed E-state index contributed by atoms with van der Waals surface area (Å²) in [6, 6.07) is 16.6. The van der Waals surface area contributed by atoms with Crippen LogP contribution in [-0.4, -0.2) is 35.4 Å². The first-order valence-electron chi connectivity index (χ1n) is 11.2. The first-order valence-corrected chi connectivity index (χ1v) is 11.2. The third-order valence-corrected chi connectivity index (χ3v) is 5.75. The summed E-state index contributed by atoms with van der Waals surface area (Å²) in [6.07, 6.45) is 3.42. The van der Waals surface area contributed by atoms with Gasteiger partial charge in [0.05, 0.1) is 38.1 Å². The van der Waals surface area contributed by atoms with E-state index in [1.807, 2.05) is 0 Å². The number of likely N-dealkylation sites (tertiary alicyclic amines) is 1. The number of nitrogens with zero attached hydrogens (tertiary/aromatic N) is 1. The molecule has 0 aliphatic carbocycles. The summed E-state index contributed by atoms with van der Waals surface area (Å²) < 4.78 is 16.4. The first-order chi connectivity index (χ1) is 16.5. The summed E-state index contributed by atoms with van der Waals surface area (Å²) in [5.74, 6) is 0.0667. The van der Waals surface area contributed by atoms with Crippen molar-refractivity contribution in [3.63, 3.8) is 0 Å². The zero-order chi connectivity index (χ0) is 24.1. The van der Waals surface area contributed by atoms with Gasteiger partial charge in [-0.3, -0.25) is 9.59 Å². The Balaban J connectivity index is 1.77. The van der Waals surface area contributed by atoms with Crippen molar-refractivity contribution in [3.05, 3.63) is 89.4 Å². The van der Waals surface area contributed by atoms with Crippen LogP contribution in [0.1, 0.15) is 42.7 Å². The van der Waals surface area contributed by atoms with Crippen molar-refractivity contribution >= 4 is 17.4 Å². The molecule has 176 valence electrons. The summed E-state index contributed by atoms with van der Waals surface area (Å²) in [7, 11) is 1.56. The van der Waals surface area contributed by atoms with E-state index in [0.29, 0.717) is 35.0 Å². The van der Waals surface area contributed by atoms with Crippen molar-refractivity contribution in [2.75, 3.05) is 13.7 Å². The van der Waals surface area contributed by atoms with Crippen LogP contribution in [0.3, 0.4) is 0 Å². The summed E-state index contributed by atoms with van der Waals surface area (Å²) in [5.41, 5.74) is 1.10. The molecule has 7 nitrogen and oxygen atoms in total. The van der Waals surface area contributed by atoms with Crippen LogP contribution in [0.5, 0.6) is 11.5 Å². The lowest BCUT2D eigenvalue weighted by Gasteiger charge is -2.24. The largest absolute Gasteiger partial charge is 0.507 e. The molecule has 0 radical (unpaired) electrons. The molecule has 0 spiro atoms. The number of ketones is 1. The van der Waals surface area contributed by atoms with E-state index < -0.39 is 17.7 Å². The summed E-state index contributed by atoms with van der Waals surface area (Å²) >= 11 is 0. The van der Waals surface area contributed by atoms with Crippen molar-refractivity contribution in [2.24, 2.45) is 0 Å². The Morgan fingerprint density at radius 2 is 1.85 bits per heavy atom. The molecule has 0 saturated carbocycles. The zero-order valence-corrected chi connectivity index (χ0v) is 19.2. The van der Waals surface area contributed by atoms with Gasteiger partial charge < -0.3 is 23.9 Å². The van der Waals surface area contributed by atoms with Gasteiger partial charge in [0.2, 0.25) is 0 Å². The van der Waals surface area contributed by atoms with Crippen LogP contribution in [0.15, 0.2) is 76.9 Å². The van der Waals surface area contributed by atoms with Gasteiger partial charge in [-0.2, -0.15) is 0 Å². The molecule has 1 unspecified atom stereocenters. The quantitative estimate of drug-likeness (QED) is 0.207. The van der Waals surface area contributed by atoms with E-state index in [4.69, 9.17) is 13.9 Å². The number of hydrogen-bond acceptors (Lipinski definition) is 6. The molecule has 1 N–H and O–H groups in total. The molecule has 1 saturated heterocycles. The minimum atomic E-state index is -0.791. The van der Waals surface area contributed by atoms with Crippen molar-refractivity contribution < 1.29 is 28.6 Å². The number of hydrogen-bond donors (Lipinski definition) is 1. The van der Waals surface area contributed by atoms with E-state index in [1.54, 1.807) is 67.8 Å². The fraction of sp³-hybridized carbons (Fsp3) is 0.259. The van der Waals surface area contributed by atoms with Crippen LogP contribution in [-0.2, 0) is 16.1 Å². The standard InChI is InChI=1S/C27H27NO6/c1-3-4-14-33-21-8-5-7-19(16-21)25(29)23-24(18-10-12-20(32-2)13-11-18)28(27(31)26(23)30)17-22-9-6-15-34-22/h5-13,15-16,24,29H,3-4,14,17H2,1-2H3/b25-23+. The number of aliphatic hydroxyl groups excluding tert-OH is 1. The molecule has 1 aliphatic heterocycles. The van der Waals surface area contributed by atoms with E-state index in [1.165, 1.54) is 11.2 Å². The average Bonchev–Trinajstić information content (AvgIpc) is 3.46. The average molecular weight is 462 g/mol. The molecule has 1 aromatic heterocycles. The SMILES string of the molecule is CCCCOc1cccc(/C(O)=C2\C(=O)C(=O)N(Cc3ccco3)C2c2ccc(OC)cc2)c1. The predicted molar refractivity (Wildman–Crippen MR) is 126 cm³/mol. The van der Waals surface area contributed by atoms with Gasteiger partial charge >= 0.3 is 0 Å². The van der Waals surface area contributed by atoms with Crippen LogP contribution < -0.4 is 9.47 Å². The molecule has 1 aliphatic rings. The number of ether oxygens (including phenoxy) is 2. The number of furan rings is 1. The summed E-state index contributed by atoms with van der Waals surface area (Å²) in [4.78, 5) is 27.6. The Labute approximate surface area is 198 Å². The van der Waals surface area contributed by atoms with Crippen molar-refractivity contribution in [1.82, 2.24) is 4.90 Å². The Hall–Kier alpha value is -4.00. The Morgan fingerprint density at radius 1 is 1.06 bits per heavy atom. The van der Waals surface area contributed by atoms with Gasteiger partial charge in [0.25, 0.3) is 11.7 Å². The maximum atomic E-state index is 13.2. The van der Waals surface area contributed by atoms with Crippen LogP contribution >= 0.6 is 0 Å². The Kier molecular flexibility index (Phi) is 7.01. The highest BCUT2D eigenvalue weighted by molar-refractivity contribution is 6.46. The van der Waals surface area contributed by atoms with E-state index >= 15 is 0 Å². The maximum absolute atomic E-state index is 13.2. The molecule has 2 aromatic carbocycles. The van der Waals surface area contributed by atoms with Crippen molar-refractivity contribution in [3.8, 4) is 11.5 Å². The molecule has 1 atom stereocenters. The highest BCUT2D eigenvalue weighted by atomic mass is 16.5. The van der Waals surface area contributed by atoms with Gasteiger partial charge in [0.15, 0.2) is 0 Å². The minimum Gasteiger partial charge on any atom is -0.507 e. The molecule has 7 heteroatoms. The predicted octanol–water partition coefficient (Wildman–Crippen LogP) is 5.09. The Morgan fingerprint density at radius 3 is 2.53 bits per heavy atom. The highest BCUT2D eigenvalue weighted by Crippen LogP contribution is 2.41. The second kappa shape index (κ2) is 10.3. The fourth-order valence-electron chi connectivity index (χ4n) is 3.97. The molecule has 3 aromatic rings. The maximum Gasteiger partial charge on any atom is 0.296 e. The van der Waals surface area contributed by atoms with Crippen LogP contribution in [0.4, 0.5) is 0 Å². The van der Waals surface area contributed by atoms with E-state index in [2.05, 4.69) is 6.92 Å². The van der Waals surface area contributed by atoms with E-state index in [0.717, 1.165) is 12.8 Å². The molecule has 1 fully saturated rings. The number of benzene rings is 2. The normalized spacial score (nSPS) is 17.2. The minimum absolute atomic E-state index is 0.0208. The molecule has 0 bridgehead atoms. The number of Topliss-reactive ketones (excluding diaryl/α,β-unsaturated/α-hetero) is 1. The smallest absolute Gasteiger partial charge is 0.296 e. The number of carbonyl (C=O) groups excluding carboxylic acids is 2. The topological polar surface area (TPSA) is 89.2 Å². The van der Waals surface area contributed by atoms with Gasteiger partial charge in [-0.25, -0.2) is 0 Å². The number of aliphatic hydroxyl groups is 1. The lowest BCUT2D eigenvalue weighted by Crippen LogP contribution is -2.29. The van der Waals surface area contributed by atoms with Gasteiger partial charge in [-0.15, -0.1) is 0 Å². The second-order valence-electron chi connectivity index (χ2n) is 8.01. The molecule has 2 heterocycles.